The maximum atomic E-state index is 7.59. The number of nitriles is 2. The van der Waals surface area contributed by atoms with E-state index in [1.165, 1.54) is 0 Å². The molecule has 0 fully saturated rings. The molecule has 0 aliphatic heterocycles. The zero-order valence-electron chi connectivity index (χ0n) is 5.10. The number of rotatable bonds is 0. The maximum absolute atomic E-state index is 7.59. The molecule has 0 aliphatic rings. The molecule has 0 heterocycles. The van der Waals surface area contributed by atoms with Gasteiger partial charge >= 0.3 is 0 Å². The van der Waals surface area contributed by atoms with E-state index >= 15 is 0 Å². The summed E-state index contributed by atoms with van der Waals surface area (Å²) >= 11 is 0. The second kappa shape index (κ2) is 16.8. The van der Waals surface area contributed by atoms with Crippen LogP contribution in [0, 0.1) is 22.7 Å². The third kappa shape index (κ3) is 86.8. The highest BCUT2D eigenvalue weighted by atomic mass is 14.7. The first-order valence-corrected chi connectivity index (χ1v) is 2.15. The second-order valence-corrected chi connectivity index (χ2v) is 0.993. The molecule has 0 atom stereocenters. The molecule has 0 amide bonds. The van der Waals surface area contributed by atoms with Crippen LogP contribution < -0.4 is 5.32 Å². The van der Waals surface area contributed by atoms with Gasteiger partial charge in [-0.15, -0.1) is 0 Å². The molecule has 0 saturated carbocycles. The van der Waals surface area contributed by atoms with Crippen LogP contribution in [0.1, 0.15) is 6.42 Å². The first-order chi connectivity index (χ1) is 3.83. The van der Waals surface area contributed by atoms with Gasteiger partial charge in [0.15, 0.2) is 0 Å². The summed E-state index contributed by atoms with van der Waals surface area (Å²) in [5.41, 5.74) is 0. The monoisotopic (exact) mass is 111 g/mol. The molecular weight excluding hydrogens is 102 g/mol. The Bertz CT molecular complexity index is 83.2. The van der Waals surface area contributed by atoms with E-state index in [-0.39, 0.29) is 6.42 Å². The van der Waals surface area contributed by atoms with Gasteiger partial charge in [0, 0.05) is 0 Å². The summed E-state index contributed by atoms with van der Waals surface area (Å²) < 4.78 is 0. The van der Waals surface area contributed by atoms with Crippen LogP contribution in [0.15, 0.2) is 0 Å². The van der Waals surface area contributed by atoms with Crippen LogP contribution >= 0.6 is 0 Å². The highest BCUT2D eigenvalue weighted by Crippen LogP contribution is 1.59. The summed E-state index contributed by atoms with van der Waals surface area (Å²) in [6.07, 6.45) is 0. The molecule has 3 heteroatoms. The predicted molar refractivity (Wildman–Crippen MR) is 30.8 cm³/mol. The zero-order chi connectivity index (χ0) is 6.83. The van der Waals surface area contributed by atoms with Crippen molar-refractivity contribution in [3.63, 3.8) is 0 Å². The molecule has 3 nitrogen and oxygen atoms in total. The van der Waals surface area contributed by atoms with Gasteiger partial charge in [-0.3, -0.25) is 0 Å². The van der Waals surface area contributed by atoms with E-state index in [1.54, 1.807) is 12.1 Å². The molecule has 0 saturated heterocycles. The van der Waals surface area contributed by atoms with Crippen molar-refractivity contribution in [1.82, 2.24) is 5.32 Å². The van der Waals surface area contributed by atoms with Crippen molar-refractivity contribution in [2.24, 2.45) is 0 Å². The number of nitrogens with zero attached hydrogens (tertiary/aromatic N) is 2. The third-order valence-electron chi connectivity index (χ3n) is 0.158. The van der Waals surface area contributed by atoms with Crippen LogP contribution in [0.4, 0.5) is 0 Å². The molecule has 0 aromatic rings. The lowest BCUT2D eigenvalue weighted by Gasteiger charge is -1.59. The molecule has 0 aliphatic carbocycles. The van der Waals surface area contributed by atoms with Crippen molar-refractivity contribution in [2.45, 2.75) is 6.42 Å². The van der Waals surface area contributed by atoms with Crippen molar-refractivity contribution in [3.05, 3.63) is 0 Å². The van der Waals surface area contributed by atoms with E-state index < -0.39 is 0 Å². The standard InChI is InChI=1S/C3H2N2.C2H7N/c4-2-1-3-5;1-3-2/h1H2;3H,1-2H3. The number of hydrogen-bond donors (Lipinski definition) is 1. The van der Waals surface area contributed by atoms with Crippen molar-refractivity contribution in [2.75, 3.05) is 14.1 Å². The van der Waals surface area contributed by atoms with Crippen molar-refractivity contribution >= 4 is 0 Å². The van der Waals surface area contributed by atoms with Gasteiger partial charge in [-0.2, -0.15) is 10.5 Å². The summed E-state index contributed by atoms with van der Waals surface area (Å²) in [6.45, 7) is 0. The lowest BCUT2D eigenvalue weighted by atomic mass is 10.5. The molecule has 8 heavy (non-hydrogen) atoms. The van der Waals surface area contributed by atoms with Gasteiger partial charge in [0.25, 0.3) is 0 Å². The van der Waals surface area contributed by atoms with Gasteiger partial charge < -0.3 is 5.32 Å². The molecule has 0 rings (SSSR count). The molecular formula is C5H9N3. The second-order valence-electron chi connectivity index (χ2n) is 0.993. The molecule has 1 N–H and O–H groups in total. The van der Waals surface area contributed by atoms with Crippen molar-refractivity contribution in [3.8, 4) is 12.1 Å². The van der Waals surface area contributed by atoms with Gasteiger partial charge in [0.2, 0.25) is 0 Å². The van der Waals surface area contributed by atoms with E-state index in [4.69, 9.17) is 10.5 Å². The molecule has 0 radical (unpaired) electrons. The molecule has 0 spiro atoms. The average Bonchev–Trinajstić information content (AvgIpc) is 1.71. The van der Waals surface area contributed by atoms with Gasteiger partial charge in [-0.1, -0.05) is 0 Å². The molecule has 0 bridgehead atoms. The third-order valence-corrected chi connectivity index (χ3v) is 0.158. The van der Waals surface area contributed by atoms with Gasteiger partial charge in [0.05, 0.1) is 12.1 Å². The Morgan fingerprint density at radius 3 is 1.50 bits per heavy atom. The van der Waals surface area contributed by atoms with E-state index in [0.717, 1.165) is 0 Å². The fraction of sp³-hybridized carbons (Fsp3) is 0.600. The minimum Gasteiger partial charge on any atom is -0.323 e. The summed E-state index contributed by atoms with van der Waals surface area (Å²) in [5.74, 6) is 0. The van der Waals surface area contributed by atoms with Crippen LogP contribution in [-0.4, -0.2) is 14.1 Å². The Morgan fingerprint density at radius 2 is 1.50 bits per heavy atom. The Kier molecular flexibility index (Phi) is 21.0. The van der Waals surface area contributed by atoms with Gasteiger partial charge in [-0.25, -0.2) is 0 Å². The highest BCUT2D eigenvalue weighted by Gasteiger charge is 1.61. The normalized spacial score (nSPS) is 5.00. The van der Waals surface area contributed by atoms with Crippen LogP contribution in [-0.2, 0) is 0 Å². The van der Waals surface area contributed by atoms with Crippen molar-refractivity contribution in [1.29, 1.82) is 10.5 Å². The Morgan fingerprint density at radius 1 is 1.25 bits per heavy atom. The smallest absolute Gasteiger partial charge is 0.122 e. The molecule has 44 valence electrons. The SMILES string of the molecule is CNC.N#CCC#N. The molecule has 0 unspecified atom stereocenters. The first kappa shape index (κ1) is 10.0. The van der Waals surface area contributed by atoms with E-state index in [1.807, 2.05) is 14.1 Å². The minimum atomic E-state index is 0. The van der Waals surface area contributed by atoms with E-state index in [0.29, 0.717) is 0 Å². The Hall–Kier alpha value is -1.06. The summed E-state index contributed by atoms with van der Waals surface area (Å²) in [7, 11) is 3.75. The topological polar surface area (TPSA) is 59.6 Å². The fourth-order valence-electron chi connectivity index (χ4n) is 0.0354. The van der Waals surface area contributed by atoms with Crippen LogP contribution in [0.25, 0.3) is 0 Å². The predicted octanol–water partition coefficient (Wildman–Crippen LogP) is 0.259. The van der Waals surface area contributed by atoms with Gasteiger partial charge in [0.1, 0.15) is 6.42 Å². The molecule has 0 aromatic heterocycles. The summed E-state index contributed by atoms with van der Waals surface area (Å²) in [5, 5.41) is 17.9. The van der Waals surface area contributed by atoms with Gasteiger partial charge in [-0.05, 0) is 14.1 Å². The van der Waals surface area contributed by atoms with Crippen LogP contribution in [0.2, 0.25) is 0 Å². The summed E-state index contributed by atoms with van der Waals surface area (Å²) in [6, 6.07) is 3.31. The minimum absolute atomic E-state index is 0. The lowest BCUT2D eigenvalue weighted by molar-refractivity contribution is 1.02. The zero-order valence-corrected chi connectivity index (χ0v) is 5.10. The van der Waals surface area contributed by atoms with E-state index in [9.17, 15) is 0 Å². The number of hydrogen-bond acceptors (Lipinski definition) is 3. The van der Waals surface area contributed by atoms with Crippen molar-refractivity contribution < 1.29 is 0 Å². The highest BCUT2D eigenvalue weighted by molar-refractivity contribution is 4.85. The Balaban J connectivity index is 0. The first-order valence-electron chi connectivity index (χ1n) is 2.15. The molecule has 0 aromatic carbocycles. The largest absolute Gasteiger partial charge is 0.323 e. The summed E-state index contributed by atoms with van der Waals surface area (Å²) in [4.78, 5) is 0. The lowest BCUT2D eigenvalue weighted by Crippen LogP contribution is -1.89. The number of nitrogens with one attached hydrogen (secondary N) is 1. The average molecular weight is 111 g/mol. The van der Waals surface area contributed by atoms with Crippen LogP contribution in [0.5, 0.6) is 0 Å². The Labute approximate surface area is 49.5 Å². The fourth-order valence-corrected chi connectivity index (χ4v) is 0.0354. The van der Waals surface area contributed by atoms with E-state index in [2.05, 4.69) is 5.32 Å². The maximum Gasteiger partial charge on any atom is 0.122 e. The quantitative estimate of drug-likeness (QED) is 0.487. The van der Waals surface area contributed by atoms with Crippen LogP contribution in [0.3, 0.4) is 0 Å².